The van der Waals surface area contributed by atoms with E-state index in [0.29, 0.717) is 18.5 Å². The molecule has 146 valence electrons. The fourth-order valence-electron chi connectivity index (χ4n) is 5.16. The van der Waals surface area contributed by atoms with Gasteiger partial charge in [-0.05, 0) is 24.5 Å². The monoisotopic (exact) mass is 379 g/mol. The van der Waals surface area contributed by atoms with Crippen LogP contribution < -0.4 is 5.32 Å². The van der Waals surface area contributed by atoms with Gasteiger partial charge in [0.1, 0.15) is 5.78 Å². The van der Waals surface area contributed by atoms with Crippen LogP contribution in [0.25, 0.3) is 0 Å². The second-order valence-electron chi connectivity index (χ2n) is 8.08. The highest BCUT2D eigenvalue weighted by atomic mass is 16.5. The van der Waals surface area contributed by atoms with Gasteiger partial charge in [-0.1, -0.05) is 60.7 Å². The van der Waals surface area contributed by atoms with Gasteiger partial charge in [-0.2, -0.15) is 0 Å². The van der Waals surface area contributed by atoms with E-state index in [-0.39, 0.29) is 11.7 Å². The summed E-state index contributed by atoms with van der Waals surface area (Å²) in [5.74, 6) is -1.60. The Balaban J connectivity index is 1.79. The van der Waals surface area contributed by atoms with E-state index in [1.165, 1.54) is 7.11 Å². The Morgan fingerprint density at radius 2 is 1.75 bits per heavy atom. The second-order valence-corrected chi connectivity index (χ2v) is 8.08. The molecule has 4 rings (SSSR count). The quantitative estimate of drug-likeness (QED) is 0.796. The molecule has 2 N–H and O–H groups in total. The summed E-state index contributed by atoms with van der Waals surface area (Å²) in [6, 6.07) is 18.9. The lowest BCUT2D eigenvalue weighted by Gasteiger charge is -2.34. The van der Waals surface area contributed by atoms with Crippen LogP contribution in [0.3, 0.4) is 0 Å². The molecule has 0 radical (unpaired) electrons. The highest BCUT2D eigenvalue weighted by Gasteiger charge is 2.69. The van der Waals surface area contributed by atoms with Gasteiger partial charge in [0.25, 0.3) is 0 Å². The van der Waals surface area contributed by atoms with Gasteiger partial charge in [0.05, 0.1) is 24.5 Å². The van der Waals surface area contributed by atoms with E-state index in [2.05, 4.69) is 5.32 Å². The van der Waals surface area contributed by atoms with Crippen LogP contribution in [0.15, 0.2) is 60.7 Å². The molecular formula is C23H25NO4. The van der Waals surface area contributed by atoms with Crippen LogP contribution in [-0.4, -0.2) is 36.6 Å². The maximum absolute atomic E-state index is 13.7. The number of carbonyl (C=O) groups is 2. The first kappa shape index (κ1) is 18.8. The lowest BCUT2D eigenvalue weighted by Crippen LogP contribution is -2.53. The van der Waals surface area contributed by atoms with Crippen molar-refractivity contribution in [2.45, 2.75) is 25.0 Å². The number of carbonyl (C=O) groups excluding carboxylic acids is 2. The molecular weight excluding hydrogens is 354 g/mol. The zero-order valence-corrected chi connectivity index (χ0v) is 16.1. The fourth-order valence-corrected chi connectivity index (χ4v) is 5.16. The largest absolute Gasteiger partial charge is 0.467 e. The summed E-state index contributed by atoms with van der Waals surface area (Å²) >= 11 is 0. The van der Waals surface area contributed by atoms with E-state index >= 15 is 0 Å². The van der Waals surface area contributed by atoms with Crippen molar-refractivity contribution in [3.63, 3.8) is 0 Å². The van der Waals surface area contributed by atoms with Gasteiger partial charge < -0.3 is 9.84 Å². The molecule has 2 aliphatic rings. The summed E-state index contributed by atoms with van der Waals surface area (Å²) in [6.45, 7) is 2.20. The highest BCUT2D eigenvalue weighted by molar-refractivity contribution is 5.99. The number of Topliss-reactive ketones (excluding diaryl/α,β-unsaturated/α-hetero) is 1. The molecule has 1 saturated carbocycles. The van der Waals surface area contributed by atoms with Crippen molar-refractivity contribution in [2.75, 3.05) is 13.7 Å². The van der Waals surface area contributed by atoms with E-state index in [4.69, 9.17) is 4.74 Å². The Kier molecular flexibility index (Phi) is 4.60. The van der Waals surface area contributed by atoms with Gasteiger partial charge in [0, 0.05) is 12.5 Å². The minimum absolute atomic E-state index is 0.0897. The molecule has 5 heteroatoms. The van der Waals surface area contributed by atoms with Crippen molar-refractivity contribution in [2.24, 2.45) is 17.3 Å². The van der Waals surface area contributed by atoms with Gasteiger partial charge in [-0.25, -0.2) is 4.79 Å². The third-order valence-corrected chi connectivity index (χ3v) is 6.57. The number of esters is 1. The molecule has 2 aromatic rings. The molecule has 2 aromatic carbocycles. The van der Waals surface area contributed by atoms with Crippen molar-refractivity contribution in [1.82, 2.24) is 5.32 Å². The van der Waals surface area contributed by atoms with Gasteiger partial charge in [-0.15, -0.1) is 0 Å². The first-order chi connectivity index (χ1) is 13.4. The lowest BCUT2D eigenvalue weighted by molar-refractivity contribution is -0.153. The maximum Gasteiger partial charge on any atom is 0.331 e. The zero-order valence-electron chi connectivity index (χ0n) is 16.1. The predicted octanol–water partition coefficient (Wildman–Crippen LogP) is 2.08. The topological polar surface area (TPSA) is 75.6 Å². The number of ketones is 1. The van der Waals surface area contributed by atoms with E-state index < -0.39 is 28.9 Å². The van der Waals surface area contributed by atoms with Crippen molar-refractivity contribution in [3.05, 3.63) is 71.8 Å². The van der Waals surface area contributed by atoms with Crippen LogP contribution in [0.2, 0.25) is 0 Å². The summed E-state index contributed by atoms with van der Waals surface area (Å²) in [6.07, 6.45) is -0.402. The smallest absolute Gasteiger partial charge is 0.331 e. The Labute approximate surface area is 164 Å². The molecule has 0 unspecified atom stereocenters. The van der Waals surface area contributed by atoms with Gasteiger partial charge in [-0.3, -0.25) is 10.1 Å². The Morgan fingerprint density at radius 1 is 1.14 bits per heavy atom. The van der Waals surface area contributed by atoms with E-state index in [0.717, 1.165) is 5.56 Å². The lowest BCUT2D eigenvalue weighted by atomic mass is 9.73. The average Bonchev–Trinajstić information content (AvgIpc) is 3.21. The van der Waals surface area contributed by atoms with Crippen molar-refractivity contribution in [1.29, 1.82) is 0 Å². The Morgan fingerprint density at radius 3 is 2.36 bits per heavy atom. The van der Waals surface area contributed by atoms with Gasteiger partial charge >= 0.3 is 5.97 Å². The van der Waals surface area contributed by atoms with Crippen LogP contribution in [0.1, 0.15) is 18.1 Å². The molecule has 1 saturated heterocycles. The molecule has 1 aliphatic carbocycles. The highest BCUT2D eigenvalue weighted by Crippen LogP contribution is 2.54. The summed E-state index contributed by atoms with van der Waals surface area (Å²) in [5.41, 5.74) is -0.535. The third kappa shape index (κ3) is 2.54. The molecule has 1 aliphatic heterocycles. The fraction of sp³-hybridized carbons (Fsp3) is 0.391. The standard InChI is InChI=1S/C23H25NO4/c1-22(13-15-9-5-3-6-10-15)19(25)17-14-24-23(21(27)28-2,18(17)20(22)26)16-11-7-4-8-12-16/h3-12,17-19,24-25H,13-14H2,1-2H3/t17-,18+,19+,22+,23+/m1/s1. The number of methoxy groups -OCH3 is 1. The third-order valence-electron chi connectivity index (χ3n) is 6.57. The van der Waals surface area contributed by atoms with Crippen LogP contribution >= 0.6 is 0 Å². The van der Waals surface area contributed by atoms with E-state index in [9.17, 15) is 14.7 Å². The first-order valence-electron chi connectivity index (χ1n) is 9.60. The molecule has 28 heavy (non-hydrogen) atoms. The number of ether oxygens (including phenoxy) is 1. The van der Waals surface area contributed by atoms with Gasteiger partial charge in [0.15, 0.2) is 5.54 Å². The van der Waals surface area contributed by atoms with Crippen LogP contribution in [-0.2, 0) is 26.3 Å². The number of rotatable bonds is 4. The van der Waals surface area contributed by atoms with Crippen molar-refractivity contribution < 1.29 is 19.4 Å². The SMILES string of the molecule is COC(=O)[C@@]1(c2ccccc2)NC[C@@H]2[C@H]1C(=O)[C@@](C)(Cc1ccccc1)[C@H]2O. The van der Waals surface area contributed by atoms with Gasteiger partial charge in [0.2, 0.25) is 0 Å². The minimum atomic E-state index is -1.27. The Bertz CT molecular complexity index is 884. The van der Waals surface area contributed by atoms with Crippen molar-refractivity contribution >= 4 is 11.8 Å². The summed E-state index contributed by atoms with van der Waals surface area (Å²) < 4.78 is 5.13. The molecule has 0 aromatic heterocycles. The maximum atomic E-state index is 13.7. The van der Waals surface area contributed by atoms with Crippen LogP contribution in [0.4, 0.5) is 0 Å². The molecule has 5 nitrogen and oxygen atoms in total. The molecule has 5 atom stereocenters. The van der Waals surface area contributed by atoms with Crippen LogP contribution in [0.5, 0.6) is 0 Å². The molecule has 0 bridgehead atoms. The number of fused-ring (bicyclic) bond motifs is 1. The molecule has 0 amide bonds. The molecule has 1 heterocycles. The number of aliphatic hydroxyl groups excluding tert-OH is 1. The normalized spacial score (nSPS) is 34.2. The van der Waals surface area contributed by atoms with E-state index in [1.54, 1.807) is 0 Å². The minimum Gasteiger partial charge on any atom is -0.467 e. The summed E-state index contributed by atoms with van der Waals surface area (Å²) in [7, 11) is 1.33. The van der Waals surface area contributed by atoms with Crippen molar-refractivity contribution in [3.8, 4) is 0 Å². The first-order valence-corrected chi connectivity index (χ1v) is 9.60. The Hall–Kier alpha value is -2.50. The average molecular weight is 379 g/mol. The zero-order chi connectivity index (χ0) is 19.9. The number of hydrogen-bond acceptors (Lipinski definition) is 5. The summed E-state index contributed by atoms with van der Waals surface area (Å²) in [5, 5.41) is 14.4. The van der Waals surface area contributed by atoms with E-state index in [1.807, 2.05) is 67.6 Å². The number of hydrogen-bond donors (Lipinski definition) is 2. The predicted molar refractivity (Wildman–Crippen MR) is 104 cm³/mol. The molecule has 0 spiro atoms. The number of nitrogens with one attached hydrogen (secondary N) is 1. The van der Waals surface area contributed by atoms with Crippen LogP contribution in [0, 0.1) is 17.3 Å². The number of aliphatic hydroxyl groups is 1. The summed E-state index contributed by atoms with van der Waals surface area (Å²) in [4.78, 5) is 26.7. The number of benzene rings is 2. The second kappa shape index (κ2) is 6.83. The molecule has 2 fully saturated rings.